The molecule has 0 radical (unpaired) electrons. The zero-order chi connectivity index (χ0) is 10.9. The molecule has 2 atom stereocenters. The summed E-state index contributed by atoms with van der Waals surface area (Å²) in [4.78, 5) is 0. The van der Waals surface area contributed by atoms with E-state index in [0.29, 0.717) is 6.10 Å². The smallest absolute Gasteiger partial charge is 0.0809 e. The molecule has 90 valence electrons. The Bertz CT molecular complexity index is 141. The van der Waals surface area contributed by atoms with E-state index in [2.05, 4.69) is 13.8 Å². The largest absolute Gasteiger partial charge is 0.379 e. The van der Waals surface area contributed by atoms with E-state index in [1.807, 2.05) is 0 Å². The number of unbranched alkanes of at least 4 members (excludes halogenated alkanes) is 1. The first-order chi connectivity index (χ1) is 7.36. The second kappa shape index (κ2) is 8.12. The molecule has 2 unspecified atom stereocenters. The van der Waals surface area contributed by atoms with Crippen molar-refractivity contribution in [3.8, 4) is 0 Å². The van der Waals surface area contributed by atoms with Gasteiger partial charge in [-0.25, -0.2) is 0 Å². The van der Waals surface area contributed by atoms with E-state index in [9.17, 15) is 0 Å². The first-order valence-corrected chi connectivity index (χ1v) is 6.56. The lowest BCUT2D eigenvalue weighted by atomic mass is 10.0. The predicted octanol–water partition coefficient (Wildman–Crippen LogP) is 3.40. The van der Waals surface area contributed by atoms with Crippen LogP contribution in [0.3, 0.4) is 0 Å². The van der Waals surface area contributed by atoms with Gasteiger partial charge >= 0.3 is 0 Å². The molecule has 1 saturated heterocycles. The van der Waals surface area contributed by atoms with Crippen molar-refractivity contribution in [2.45, 2.75) is 58.5 Å². The fourth-order valence-corrected chi connectivity index (χ4v) is 2.01. The summed E-state index contributed by atoms with van der Waals surface area (Å²) in [5.41, 5.74) is 0. The predicted molar refractivity (Wildman–Crippen MR) is 63.1 cm³/mol. The van der Waals surface area contributed by atoms with Crippen LogP contribution in [0.25, 0.3) is 0 Å². The Hall–Kier alpha value is -0.0800. The molecule has 0 amide bonds. The monoisotopic (exact) mass is 214 g/mol. The molecule has 1 aliphatic rings. The fraction of sp³-hybridized carbons (Fsp3) is 1.00. The highest BCUT2D eigenvalue weighted by Gasteiger charge is 2.16. The summed E-state index contributed by atoms with van der Waals surface area (Å²) in [7, 11) is 0. The summed E-state index contributed by atoms with van der Waals surface area (Å²) >= 11 is 0. The van der Waals surface area contributed by atoms with Gasteiger partial charge in [0.25, 0.3) is 0 Å². The molecule has 1 aliphatic heterocycles. The molecule has 2 nitrogen and oxygen atoms in total. The molecule has 2 heteroatoms. The minimum absolute atomic E-state index is 0.370. The summed E-state index contributed by atoms with van der Waals surface area (Å²) < 4.78 is 11.3. The third-order valence-electron chi connectivity index (χ3n) is 3.23. The summed E-state index contributed by atoms with van der Waals surface area (Å²) in [5.74, 6) is 0.756. The average molecular weight is 214 g/mol. The second-order valence-corrected chi connectivity index (χ2v) is 4.59. The van der Waals surface area contributed by atoms with Gasteiger partial charge in [-0.15, -0.1) is 0 Å². The van der Waals surface area contributed by atoms with E-state index < -0.39 is 0 Å². The van der Waals surface area contributed by atoms with Crippen LogP contribution < -0.4 is 0 Å². The Balaban J connectivity index is 2.09. The van der Waals surface area contributed by atoms with E-state index in [4.69, 9.17) is 9.47 Å². The molecule has 1 fully saturated rings. The van der Waals surface area contributed by atoms with Gasteiger partial charge in [-0.2, -0.15) is 0 Å². The van der Waals surface area contributed by atoms with Gasteiger partial charge in [0.2, 0.25) is 0 Å². The lowest BCUT2D eigenvalue weighted by Crippen LogP contribution is -2.27. The first kappa shape index (κ1) is 13.0. The van der Waals surface area contributed by atoms with Crippen LogP contribution in [0.5, 0.6) is 0 Å². The minimum atomic E-state index is 0.370. The molecular formula is C13H26O2. The minimum Gasteiger partial charge on any atom is -0.379 e. The highest BCUT2D eigenvalue weighted by atomic mass is 16.5. The van der Waals surface area contributed by atoms with Gasteiger partial charge in [-0.05, 0) is 25.2 Å². The zero-order valence-corrected chi connectivity index (χ0v) is 10.3. The van der Waals surface area contributed by atoms with Gasteiger partial charge in [-0.3, -0.25) is 0 Å². The quantitative estimate of drug-likeness (QED) is 0.646. The molecule has 0 spiro atoms. The molecule has 0 aliphatic carbocycles. The molecule has 1 heterocycles. The van der Waals surface area contributed by atoms with Crippen molar-refractivity contribution in [3.63, 3.8) is 0 Å². The van der Waals surface area contributed by atoms with Crippen LogP contribution in [0, 0.1) is 5.92 Å². The van der Waals surface area contributed by atoms with Gasteiger partial charge in [0.1, 0.15) is 0 Å². The standard InChI is InChI=1S/C13H26O2/c1-3-5-7-12(4-2)10-15-13-8-6-9-14-11-13/h12-13H,3-11H2,1-2H3. The molecule has 0 aromatic heterocycles. The zero-order valence-electron chi connectivity index (χ0n) is 10.3. The summed E-state index contributed by atoms with van der Waals surface area (Å²) in [6.45, 7) is 7.19. The van der Waals surface area contributed by atoms with Crippen LogP contribution in [0.4, 0.5) is 0 Å². The fourth-order valence-electron chi connectivity index (χ4n) is 2.01. The Labute approximate surface area is 94.3 Å². The van der Waals surface area contributed by atoms with Crippen LogP contribution >= 0.6 is 0 Å². The Morgan fingerprint density at radius 1 is 1.40 bits per heavy atom. The number of hydrogen-bond donors (Lipinski definition) is 0. The summed E-state index contributed by atoms with van der Waals surface area (Å²) in [6, 6.07) is 0. The average Bonchev–Trinajstić information content (AvgIpc) is 2.31. The lowest BCUT2D eigenvalue weighted by Gasteiger charge is -2.24. The van der Waals surface area contributed by atoms with Crippen molar-refractivity contribution in [1.82, 2.24) is 0 Å². The third kappa shape index (κ3) is 5.53. The van der Waals surface area contributed by atoms with Crippen LogP contribution in [0.15, 0.2) is 0 Å². The van der Waals surface area contributed by atoms with E-state index in [1.54, 1.807) is 0 Å². The summed E-state index contributed by atoms with van der Waals surface area (Å²) in [6.07, 6.45) is 7.91. The molecule has 0 bridgehead atoms. The number of ether oxygens (including phenoxy) is 2. The second-order valence-electron chi connectivity index (χ2n) is 4.59. The Morgan fingerprint density at radius 2 is 2.27 bits per heavy atom. The van der Waals surface area contributed by atoms with Crippen LogP contribution in [0.2, 0.25) is 0 Å². The Kier molecular flexibility index (Phi) is 7.03. The maximum atomic E-state index is 5.91. The van der Waals surface area contributed by atoms with Gasteiger partial charge in [0, 0.05) is 13.2 Å². The maximum absolute atomic E-state index is 5.91. The van der Waals surface area contributed by atoms with E-state index >= 15 is 0 Å². The molecule has 0 aromatic carbocycles. The van der Waals surface area contributed by atoms with Gasteiger partial charge in [0.15, 0.2) is 0 Å². The van der Waals surface area contributed by atoms with Crippen molar-refractivity contribution in [2.75, 3.05) is 19.8 Å². The van der Waals surface area contributed by atoms with Crippen LogP contribution in [0.1, 0.15) is 52.4 Å². The molecule has 1 rings (SSSR count). The van der Waals surface area contributed by atoms with Crippen molar-refractivity contribution in [3.05, 3.63) is 0 Å². The lowest BCUT2D eigenvalue weighted by molar-refractivity contribution is -0.0609. The van der Waals surface area contributed by atoms with E-state index in [0.717, 1.165) is 32.2 Å². The van der Waals surface area contributed by atoms with E-state index in [1.165, 1.54) is 32.1 Å². The van der Waals surface area contributed by atoms with Crippen molar-refractivity contribution >= 4 is 0 Å². The molecule has 0 saturated carbocycles. The molecule has 0 aromatic rings. The Morgan fingerprint density at radius 3 is 2.87 bits per heavy atom. The molecule has 0 N–H and O–H groups in total. The van der Waals surface area contributed by atoms with Crippen LogP contribution in [-0.4, -0.2) is 25.9 Å². The van der Waals surface area contributed by atoms with Crippen molar-refractivity contribution in [2.24, 2.45) is 5.92 Å². The third-order valence-corrected chi connectivity index (χ3v) is 3.23. The SMILES string of the molecule is CCCCC(CC)COC1CCCOC1. The first-order valence-electron chi connectivity index (χ1n) is 6.56. The van der Waals surface area contributed by atoms with Crippen LogP contribution in [-0.2, 0) is 9.47 Å². The molecule has 15 heavy (non-hydrogen) atoms. The van der Waals surface area contributed by atoms with Gasteiger partial charge < -0.3 is 9.47 Å². The van der Waals surface area contributed by atoms with Gasteiger partial charge in [0.05, 0.1) is 12.7 Å². The topological polar surface area (TPSA) is 18.5 Å². The highest BCUT2D eigenvalue weighted by molar-refractivity contribution is 4.64. The maximum Gasteiger partial charge on any atom is 0.0809 e. The van der Waals surface area contributed by atoms with Crippen molar-refractivity contribution in [1.29, 1.82) is 0 Å². The van der Waals surface area contributed by atoms with E-state index in [-0.39, 0.29) is 0 Å². The normalized spacial score (nSPS) is 24.0. The summed E-state index contributed by atoms with van der Waals surface area (Å²) in [5, 5.41) is 0. The van der Waals surface area contributed by atoms with Gasteiger partial charge in [-0.1, -0.05) is 33.1 Å². The highest BCUT2D eigenvalue weighted by Crippen LogP contribution is 2.16. The number of hydrogen-bond acceptors (Lipinski definition) is 2. The number of rotatable bonds is 7. The van der Waals surface area contributed by atoms with Crippen molar-refractivity contribution < 1.29 is 9.47 Å². The molecular weight excluding hydrogens is 188 g/mol.